The van der Waals surface area contributed by atoms with Gasteiger partial charge in [0.1, 0.15) is 12.4 Å². The van der Waals surface area contributed by atoms with Gasteiger partial charge in [0.15, 0.2) is 5.65 Å². The zero-order valence-electron chi connectivity index (χ0n) is 25.0. The van der Waals surface area contributed by atoms with Crippen LogP contribution in [0, 0.1) is 11.3 Å². The average molecular weight is 613 g/mol. The van der Waals surface area contributed by atoms with Gasteiger partial charge >= 0.3 is 6.01 Å². The molecular weight excluding hydrogens is 576 g/mol. The second-order valence-electron chi connectivity index (χ2n) is 12.5. The number of pyridine rings is 2. The highest BCUT2D eigenvalue weighted by molar-refractivity contribution is 6.34. The topological polar surface area (TPSA) is 111 Å². The van der Waals surface area contributed by atoms with Gasteiger partial charge in [0.05, 0.1) is 40.2 Å². The first-order chi connectivity index (χ1) is 21.5. The number of halogens is 1. The van der Waals surface area contributed by atoms with E-state index in [0.29, 0.717) is 53.8 Å². The molecule has 3 fully saturated rings. The first-order valence-corrected chi connectivity index (χ1v) is 16.1. The molecule has 6 heterocycles. The quantitative estimate of drug-likeness (QED) is 0.349. The van der Waals surface area contributed by atoms with E-state index >= 15 is 0 Å². The van der Waals surface area contributed by atoms with Crippen LogP contribution in [0.25, 0.3) is 22.3 Å². The zero-order chi connectivity index (χ0) is 30.3. The van der Waals surface area contributed by atoms with E-state index in [1.807, 2.05) is 18.5 Å². The van der Waals surface area contributed by atoms with Crippen LogP contribution < -0.4 is 9.64 Å². The van der Waals surface area contributed by atoms with Crippen molar-refractivity contribution in [1.82, 2.24) is 29.7 Å². The van der Waals surface area contributed by atoms with Crippen LogP contribution in [-0.4, -0.2) is 86.6 Å². The molecule has 3 aliphatic heterocycles. The minimum atomic E-state index is -0.303. The molecule has 1 aliphatic carbocycles. The molecular formula is C33H37ClN8O2. The molecule has 0 radical (unpaired) electrons. The second-order valence-corrected chi connectivity index (χ2v) is 12.9. The van der Waals surface area contributed by atoms with E-state index in [-0.39, 0.29) is 29.9 Å². The molecule has 10 nitrogen and oxygen atoms in total. The Balaban J connectivity index is 1.30. The number of hydrogen-bond acceptors (Lipinski definition) is 9. The van der Waals surface area contributed by atoms with E-state index in [1.165, 1.54) is 30.0 Å². The Bertz CT molecular complexity index is 1640. The number of carbonyl (C=O) groups excluding carboxylic acids is 1. The van der Waals surface area contributed by atoms with Gasteiger partial charge < -0.3 is 14.5 Å². The maximum absolute atomic E-state index is 12.6. The number of anilines is 1. The third-order valence-electron chi connectivity index (χ3n) is 9.97. The lowest BCUT2D eigenvalue weighted by Gasteiger charge is -2.41. The summed E-state index contributed by atoms with van der Waals surface area (Å²) in [5, 5.41) is 10.8. The molecule has 7 rings (SSSR count). The van der Waals surface area contributed by atoms with Gasteiger partial charge in [0, 0.05) is 37.6 Å². The molecule has 0 unspecified atom stereocenters. The fourth-order valence-corrected chi connectivity index (χ4v) is 8.00. The highest BCUT2D eigenvalue weighted by atomic mass is 35.5. The Morgan fingerprint density at radius 2 is 1.93 bits per heavy atom. The molecule has 228 valence electrons. The lowest BCUT2D eigenvalue weighted by atomic mass is 9.89. The predicted molar refractivity (Wildman–Crippen MR) is 169 cm³/mol. The molecule has 1 amide bonds. The summed E-state index contributed by atoms with van der Waals surface area (Å²) in [6.45, 7) is 7.81. The molecule has 0 spiro atoms. The van der Waals surface area contributed by atoms with Crippen LogP contribution >= 0.6 is 11.6 Å². The number of piperazine rings is 1. The Labute approximate surface area is 262 Å². The van der Waals surface area contributed by atoms with Crippen molar-refractivity contribution in [1.29, 1.82) is 5.26 Å². The maximum Gasteiger partial charge on any atom is 0.320 e. The van der Waals surface area contributed by atoms with Gasteiger partial charge in [-0.25, -0.2) is 4.98 Å². The van der Waals surface area contributed by atoms with E-state index in [2.05, 4.69) is 27.4 Å². The summed E-state index contributed by atoms with van der Waals surface area (Å²) in [5.74, 6) is 0.479. The Hall–Kier alpha value is -3.81. The van der Waals surface area contributed by atoms with Crippen LogP contribution in [-0.2, 0) is 17.6 Å². The van der Waals surface area contributed by atoms with Crippen molar-refractivity contribution in [3.8, 4) is 23.3 Å². The van der Waals surface area contributed by atoms with Crippen molar-refractivity contribution in [2.75, 3.05) is 44.2 Å². The van der Waals surface area contributed by atoms with Gasteiger partial charge in [0.25, 0.3) is 0 Å². The number of hydrogen-bond donors (Lipinski definition) is 0. The summed E-state index contributed by atoms with van der Waals surface area (Å²) in [5.41, 5.74) is 4.68. The molecule has 0 N–H and O–H groups in total. The van der Waals surface area contributed by atoms with Gasteiger partial charge in [-0.3, -0.25) is 14.7 Å². The van der Waals surface area contributed by atoms with Crippen LogP contribution in [0.5, 0.6) is 6.01 Å². The third-order valence-corrected chi connectivity index (χ3v) is 10.3. The van der Waals surface area contributed by atoms with E-state index < -0.39 is 0 Å². The monoisotopic (exact) mass is 612 g/mol. The van der Waals surface area contributed by atoms with E-state index in [0.717, 1.165) is 57.2 Å². The van der Waals surface area contributed by atoms with Crippen molar-refractivity contribution in [3.05, 3.63) is 47.3 Å². The Kier molecular flexibility index (Phi) is 7.85. The first-order valence-electron chi connectivity index (χ1n) is 15.8. The number of carbonyl (C=O) groups is 1. The smallest absolute Gasteiger partial charge is 0.320 e. The fourth-order valence-electron chi connectivity index (χ4n) is 7.75. The predicted octanol–water partition coefficient (Wildman–Crippen LogP) is 4.74. The number of aromatic nitrogens is 4. The standard InChI is InChI=1S/C33H37ClN8O2/c1-2-28(43)42-16-15-40(20-23(42)9-12-35)31-25-17-27(34)29(26-19-36-18-22-7-3-4-8-24(22)26)37-30(25)38-32(39-31)44-21-33-10-5-13-41(33)14-6-11-33/h2,17-19,23H,1,3-11,13-16,20-21H2/t23-/m0/s1. The summed E-state index contributed by atoms with van der Waals surface area (Å²) in [6.07, 6.45) is 14.2. The summed E-state index contributed by atoms with van der Waals surface area (Å²) in [4.78, 5) is 38.3. The zero-order valence-corrected chi connectivity index (χ0v) is 25.7. The summed E-state index contributed by atoms with van der Waals surface area (Å²) < 4.78 is 6.45. The largest absolute Gasteiger partial charge is 0.461 e. The van der Waals surface area contributed by atoms with Crippen molar-refractivity contribution in [3.63, 3.8) is 0 Å². The fraction of sp³-hybridized carbons (Fsp3) is 0.515. The van der Waals surface area contributed by atoms with E-state index in [4.69, 9.17) is 31.3 Å². The number of nitriles is 1. The van der Waals surface area contributed by atoms with Gasteiger partial charge in [-0.15, -0.1) is 0 Å². The highest BCUT2D eigenvalue weighted by Crippen LogP contribution is 2.40. The number of amides is 1. The summed E-state index contributed by atoms with van der Waals surface area (Å²) >= 11 is 6.99. The molecule has 0 bridgehead atoms. The van der Waals surface area contributed by atoms with E-state index in [1.54, 1.807) is 4.90 Å². The number of aryl methyl sites for hydroxylation is 1. The van der Waals surface area contributed by atoms with Crippen molar-refractivity contribution in [2.24, 2.45) is 0 Å². The van der Waals surface area contributed by atoms with Crippen LogP contribution in [0.2, 0.25) is 5.02 Å². The van der Waals surface area contributed by atoms with Crippen LogP contribution in [0.4, 0.5) is 5.82 Å². The average Bonchev–Trinajstić information content (AvgIpc) is 3.64. The van der Waals surface area contributed by atoms with Gasteiger partial charge in [-0.05, 0) is 87.7 Å². The third kappa shape index (κ3) is 5.16. The van der Waals surface area contributed by atoms with Gasteiger partial charge in [-0.1, -0.05) is 18.2 Å². The van der Waals surface area contributed by atoms with Crippen molar-refractivity contribution >= 4 is 34.4 Å². The van der Waals surface area contributed by atoms with Crippen LogP contribution in [0.3, 0.4) is 0 Å². The normalized spacial score (nSPS) is 21.1. The van der Waals surface area contributed by atoms with Crippen LogP contribution in [0.1, 0.15) is 56.1 Å². The molecule has 1 atom stereocenters. The number of fused-ring (bicyclic) bond motifs is 3. The van der Waals surface area contributed by atoms with Gasteiger partial charge in [0.2, 0.25) is 5.91 Å². The van der Waals surface area contributed by atoms with Crippen molar-refractivity contribution in [2.45, 2.75) is 69.4 Å². The molecule has 0 saturated carbocycles. The molecule has 11 heteroatoms. The lowest BCUT2D eigenvalue weighted by Crippen LogP contribution is -2.55. The van der Waals surface area contributed by atoms with Crippen LogP contribution in [0.15, 0.2) is 31.1 Å². The van der Waals surface area contributed by atoms with E-state index in [9.17, 15) is 10.1 Å². The molecule has 4 aliphatic rings. The van der Waals surface area contributed by atoms with Crippen molar-refractivity contribution < 1.29 is 9.53 Å². The molecule has 44 heavy (non-hydrogen) atoms. The number of nitrogens with zero attached hydrogens (tertiary/aromatic N) is 8. The van der Waals surface area contributed by atoms with Gasteiger partial charge in [-0.2, -0.15) is 15.2 Å². The second kappa shape index (κ2) is 11.9. The molecule has 3 aromatic rings. The molecule has 3 saturated heterocycles. The minimum Gasteiger partial charge on any atom is -0.461 e. The Morgan fingerprint density at radius 1 is 1.11 bits per heavy atom. The highest BCUT2D eigenvalue weighted by Gasteiger charge is 2.45. The Morgan fingerprint density at radius 3 is 2.73 bits per heavy atom. The maximum atomic E-state index is 12.6. The SMILES string of the molecule is C=CC(=O)N1CCN(c2nc(OCC34CCCN3CCC4)nc3nc(-c4cncc5c4CCCC5)c(Cl)cc23)C[C@@H]1CC#N. The number of rotatable bonds is 7. The number of ether oxygens (including phenoxy) is 1. The lowest BCUT2D eigenvalue weighted by molar-refractivity contribution is -0.128. The summed E-state index contributed by atoms with van der Waals surface area (Å²) in [6, 6.07) is 4.13. The summed E-state index contributed by atoms with van der Waals surface area (Å²) in [7, 11) is 0. The molecule has 3 aromatic heterocycles. The molecule has 0 aromatic carbocycles. The minimum absolute atomic E-state index is 0.0421. The first kappa shape index (κ1) is 28.9.